The van der Waals surface area contributed by atoms with E-state index in [2.05, 4.69) is 13.8 Å². The minimum atomic E-state index is -0.860. The van der Waals surface area contributed by atoms with Crippen LogP contribution in [-0.4, -0.2) is 33.1 Å². The normalized spacial score (nSPS) is 53.3. The zero-order valence-corrected chi connectivity index (χ0v) is 12.1. The molecule has 3 nitrogen and oxygen atoms in total. The Kier molecular flexibility index (Phi) is 3.54. The van der Waals surface area contributed by atoms with Crippen molar-refractivity contribution in [3.05, 3.63) is 0 Å². The lowest BCUT2D eigenvalue weighted by Gasteiger charge is -2.58. The monoisotopic (exact) mass is 256 g/mol. The summed E-state index contributed by atoms with van der Waals surface area (Å²) in [6.07, 6.45) is 2.16. The summed E-state index contributed by atoms with van der Waals surface area (Å²) in [6.45, 7) is 8.12. The first-order valence-corrected chi connectivity index (χ1v) is 7.28. The average molecular weight is 256 g/mol. The van der Waals surface area contributed by atoms with E-state index < -0.39 is 17.8 Å². The van der Waals surface area contributed by atoms with Crippen molar-refractivity contribution in [2.24, 2.45) is 23.2 Å². The largest absolute Gasteiger partial charge is 0.393 e. The number of hydrogen-bond acceptors (Lipinski definition) is 3. The predicted molar refractivity (Wildman–Crippen MR) is 71.0 cm³/mol. The minimum Gasteiger partial charge on any atom is -0.393 e. The molecular formula is C15H28O3. The standard InChI is InChI=1S/C15H28O3/c1-9(2)10-5-7-14(3)11(16)6-8-15(4,18)13(14)12(10)17/h9-13,16-18H,5-8H2,1-4H3/t10-,11+,12-,13-,14-,15+/m1/s1. The SMILES string of the molecule is CC(C)[C@H]1CC[C@@]2(C)[C@@H]([C@@H]1O)[C@@](C)(O)CC[C@@H]2O. The molecule has 2 rings (SSSR count). The number of aliphatic hydroxyl groups excluding tert-OH is 2. The Morgan fingerprint density at radius 3 is 2.22 bits per heavy atom. The van der Waals surface area contributed by atoms with Crippen molar-refractivity contribution >= 4 is 0 Å². The van der Waals surface area contributed by atoms with Crippen LogP contribution in [0.15, 0.2) is 0 Å². The fourth-order valence-electron chi connectivity index (χ4n) is 4.54. The topological polar surface area (TPSA) is 60.7 Å². The summed E-state index contributed by atoms with van der Waals surface area (Å²) in [5.41, 5.74) is -1.20. The van der Waals surface area contributed by atoms with Crippen LogP contribution in [0.3, 0.4) is 0 Å². The van der Waals surface area contributed by atoms with Crippen molar-refractivity contribution in [3.8, 4) is 0 Å². The van der Waals surface area contributed by atoms with Crippen LogP contribution in [0.2, 0.25) is 0 Å². The van der Waals surface area contributed by atoms with Gasteiger partial charge in [-0.25, -0.2) is 0 Å². The predicted octanol–water partition coefficient (Wildman–Crippen LogP) is 1.94. The van der Waals surface area contributed by atoms with Crippen molar-refractivity contribution in [1.29, 1.82) is 0 Å². The molecule has 2 aliphatic rings. The Morgan fingerprint density at radius 1 is 1.06 bits per heavy atom. The molecule has 2 aliphatic carbocycles. The molecule has 2 saturated carbocycles. The molecule has 0 spiro atoms. The molecule has 3 N–H and O–H groups in total. The van der Waals surface area contributed by atoms with E-state index in [1.165, 1.54) is 0 Å². The van der Waals surface area contributed by atoms with Gasteiger partial charge >= 0.3 is 0 Å². The summed E-state index contributed by atoms with van der Waals surface area (Å²) in [5, 5.41) is 31.6. The third-order valence-electron chi connectivity index (χ3n) is 5.72. The average Bonchev–Trinajstić information content (AvgIpc) is 2.23. The minimum absolute atomic E-state index is 0.213. The number of aliphatic hydroxyl groups is 3. The summed E-state index contributed by atoms with van der Waals surface area (Å²) in [7, 11) is 0. The van der Waals surface area contributed by atoms with Gasteiger partial charge in [-0.05, 0) is 44.4 Å². The molecule has 18 heavy (non-hydrogen) atoms. The third-order valence-corrected chi connectivity index (χ3v) is 5.72. The number of hydrogen-bond donors (Lipinski definition) is 3. The van der Waals surface area contributed by atoms with Gasteiger partial charge in [0.05, 0.1) is 17.8 Å². The second-order valence-electron chi connectivity index (χ2n) is 7.33. The van der Waals surface area contributed by atoms with E-state index in [1.54, 1.807) is 0 Å². The van der Waals surface area contributed by atoms with E-state index in [4.69, 9.17) is 0 Å². The molecular weight excluding hydrogens is 228 g/mol. The van der Waals surface area contributed by atoms with Gasteiger partial charge in [0.1, 0.15) is 0 Å². The maximum absolute atomic E-state index is 10.7. The third kappa shape index (κ3) is 2.00. The Bertz CT molecular complexity index is 313. The van der Waals surface area contributed by atoms with E-state index >= 15 is 0 Å². The molecule has 2 fully saturated rings. The van der Waals surface area contributed by atoms with Gasteiger partial charge in [-0.1, -0.05) is 20.8 Å². The smallest absolute Gasteiger partial charge is 0.0679 e. The van der Waals surface area contributed by atoms with Crippen LogP contribution < -0.4 is 0 Å². The fraction of sp³-hybridized carbons (Fsp3) is 1.00. The first-order chi connectivity index (χ1) is 8.20. The maximum Gasteiger partial charge on any atom is 0.0679 e. The molecule has 0 saturated heterocycles. The second kappa shape index (κ2) is 4.46. The lowest BCUT2D eigenvalue weighted by Crippen LogP contribution is -2.63. The van der Waals surface area contributed by atoms with E-state index in [9.17, 15) is 15.3 Å². The maximum atomic E-state index is 10.7. The zero-order valence-electron chi connectivity index (χ0n) is 12.1. The molecule has 0 aliphatic heterocycles. The molecule has 0 aromatic rings. The van der Waals surface area contributed by atoms with E-state index in [0.717, 1.165) is 12.8 Å². The Labute approximate surface area is 110 Å². The van der Waals surface area contributed by atoms with Crippen LogP contribution in [0.5, 0.6) is 0 Å². The number of rotatable bonds is 1. The molecule has 0 amide bonds. The van der Waals surface area contributed by atoms with Gasteiger partial charge in [-0.15, -0.1) is 0 Å². The lowest BCUT2D eigenvalue weighted by atomic mass is 9.50. The molecule has 0 aromatic heterocycles. The highest BCUT2D eigenvalue weighted by molar-refractivity contribution is 5.08. The van der Waals surface area contributed by atoms with Crippen molar-refractivity contribution in [3.63, 3.8) is 0 Å². The van der Waals surface area contributed by atoms with E-state index in [1.807, 2.05) is 13.8 Å². The summed E-state index contributed by atoms with van der Waals surface area (Å²) < 4.78 is 0. The summed E-state index contributed by atoms with van der Waals surface area (Å²) >= 11 is 0. The van der Waals surface area contributed by atoms with Gasteiger partial charge in [0.15, 0.2) is 0 Å². The Morgan fingerprint density at radius 2 is 1.67 bits per heavy atom. The second-order valence-corrected chi connectivity index (χ2v) is 7.33. The summed E-state index contributed by atoms with van der Waals surface area (Å²) in [4.78, 5) is 0. The molecule has 106 valence electrons. The Hall–Kier alpha value is -0.120. The van der Waals surface area contributed by atoms with Crippen LogP contribution in [0, 0.1) is 23.2 Å². The van der Waals surface area contributed by atoms with Gasteiger partial charge in [-0.2, -0.15) is 0 Å². The first-order valence-electron chi connectivity index (χ1n) is 7.28. The molecule has 0 heterocycles. The van der Waals surface area contributed by atoms with Gasteiger partial charge in [0.2, 0.25) is 0 Å². The van der Waals surface area contributed by atoms with Gasteiger partial charge in [0.25, 0.3) is 0 Å². The highest BCUT2D eigenvalue weighted by atomic mass is 16.3. The molecule has 3 heteroatoms. The van der Waals surface area contributed by atoms with Gasteiger partial charge in [0, 0.05) is 11.3 Å². The Balaban J connectivity index is 2.35. The zero-order chi connectivity index (χ0) is 13.7. The highest BCUT2D eigenvalue weighted by Crippen LogP contribution is 2.56. The fourth-order valence-corrected chi connectivity index (χ4v) is 4.54. The molecule has 6 atom stereocenters. The lowest BCUT2D eigenvalue weighted by molar-refractivity contribution is -0.219. The van der Waals surface area contributed by atoms with Crippen LogP contribution >= 0.6 is 0 Å². The van der Waals surface area contributed by atoms with Crippen LogP contribution in [0.1, 0.15) is 53.4 Å². The quantitative estimate of drug-likeness (QED) is 0.672. The van der Waals surface area contributed by atoms with Crippen molar-refractivity contribution in [1.82, 2.24) is 0 Å². The van der Waals surface area contributed by atoms with Crippen LogP contribution in [0.25, 0.3) is 0 Å². The van der Waals surface area contributed by atoms with Crippen molar-refractivity contribution in [2.45, 2.75) is 71.2 Å². The highest BCUT2D eigenvalue weighted by Gasteiger charge is 2.59. The van der Waals surface area contributed by atoms with E-state index in [-0.39, 0.29) is 17.3 Å². The van der Waals surface area contributed by atoms with Gasteiger partial charge < -0.3 is 15.3 Å². The van der Waals surface area contributed by atoms with Crippen molar-refractivity contribution in [2.75, 3.05) is 0 Å². The first kappa shape index (κ1) is 14.3. The summed E-state index contributed by atoms with van der Waals surface area (Å²) in [6, 6.07) is 0. The number of fused-ring (bicyclic) bond motifs is 1. The van der Waals surface area contributed by atoms with Gasteiger partial charge in [-0.3, -0.25) is 0 Å². The van der Waals surface area contributed by atoms with Crippen LogP contribution in [0.4, 0.5) is 0 Å². The van der Waals surface area contributed by atoms with Crippen LogP contribution in [-0.2, 0) is 0 Å². The molecule has 0 radical (unpaired) electrons. The molecule has 0 aromatic carbocycles. The summed E-state index contributed by atoms with van der Waals surface area (Å²) in [5.74, 6) is 0.439. The van der Waals surface area contributed by atoms with Crippen molar-refractivity contribution < 1.29 is 15.3 Å². The molecule has 0 unspecified atom stereocenters. The van der Waals surface area contributed by atoms with E-state index in [0.29, 0.717) is 18.8 Å². The molecule has 0 bridgehead atoms.